The molecule has 2 aromatic heterocycles. The van der Waals surface area contributed by atoms with Gasteiger partial charge in [0.15, 0.2) is 5.13 Å². The lowest BCUT2D eigenvalue weighted by molar-refractivity contribution is 0.245. The van der Waals surface area contributed by atoms with Crippen molar-refractivity contribution in [1.82, 2.24) is 4.98 Å². The summed E-state index contributed by atoms with van der Waals surface area (Å²) in [6.45, 7) is 2.97. The zero-order valence-corrected chi connectivity index (χ0v) is 11.4. The number of aliphatic hydroxyl groups excluding tert-OH is 1. The summed E-state index contributed by atoms with van der Waals surface area (Å²) in [7, 11) is -3.73. The van der Waals surface area contributed by atoms with Crippen molar-refractivity contribution in [3.8, 4) is 0 Å². The van der Waals surface area contributed by atoms with Gasteiger partial charge in [-0.1, -0.05) is 0 Å². The number of hydrogen-bond acceptors (Lipinski definition) is 6. The van der Waals surface area contributed by atoms with Gasteiger partial charge >= 0.3 is 0 Å². The number of aryl methyl sites for hydroxylation is 2. The highest BCUT2D eigenvalue weighted by atomic mass is 32.2. The summed E-state index contributed by atoms with van der Waals surface area (Å²) in [6, 6.07) is 1.30. The predicted molar refractivity (Wildman–Crippen MR) is 67.0 cm³/mol. The Kier molecular flexibility index (Phi) is 3.42. The fourth-order valence-corrected chi connectivity index (χ4v) is 3.59. The summed E-state index contributed by atoms with van der Waals surface area (Å²) in [4.78, 5) is 4.04. The number of anilines is 1. The van der Waals surface area contributed by atoms with Gasteiger partial charge in [-0.2, -0.15) is 0 Å². The molecular weight excluding hydrogens is 276 g/mol. The Morgan fingerprint density at radius 2 is 2.22 bits per heavy atom. The maximum Gasteiger partial charge on any atom is 0.267 e. The molecule has 0 amide bonds. The number of aromatic nitrogens is 1. The van der Waals surface area contributed by atoms with E-state index in [-0.39, 0.29) is 23.0 Å². The topological polar surface area (TPSA) is 92.4 Å². The van der Waals surface area contributed by atoms with Crippen LogP contribution in [-0.4, -0.2) is 18.5 Å². The quantitative estimate of drug-likeness (QED) is 0.892. The first-order valence-corrected chi connectivity index (χ1v) is 7.44. The minimum atomic E-state index is -3.73. The molecule has 0 saturated heterocycles. The van der Waals surface area contributed by atoms with Crippen LogP contribution in [0.25, 0.3) is 0 Å². The molecular formula is C10H12N2O4S2. The predicted octanol–water partition coefficient (Wildman–Crippen LogP) is 1.65. The van der Waals surface area contributed by atoms with Gasteiger partial charge < -0.3 is 9.52 Å². The van der Waals surface area contributed by atoms with Gasteiger partial charge in [0.25, 0.3) is 10.0 Å². The van der Waals surface area contributed by atoms with Crippen LogP contribution >= 0.6 is 11.3 Å². The van der Waals surface area contributed by atoms with E-state index in [1.165, 1.54) is 24.3 Å². The van der Waals surface area contributed by atoms with Crippen LogP contribution in [0.15, 0.2) is 20.8 Å². The number of hydrogen-bond donors (Lipinski definition) is 2. The largest absolute Gasteiger partial charge is 0.462 e. The highest BCUT2D eigenvalue weighted by Gasteiger charge is 2.22. The third kappa shape index (κ3) is 2.55. The van der Waals surface area contributed by atoms with Gasteiger partial charge in [0.1, 0.15) is 23.0 Å². The van der Waals surface area contributed by atoms with E-state index in [0.29, 0.717) is 5.13 Å². The average Bonchev–Trinajstić information content (AvgIpc) is 2.84. The number of nitrogens with zero attached hydrogens (tertiary/aromatic N) is 1. The van der Waals surface area contributed by atoms with Gasteiger partial charge in [-0.25, -0.2) is 13.4 Å². The summed E-state index contributed by atoms with van der Waals surface area (Å²) in [5, 5.41) is 11.0. The summed E-state index contributed by atoms with van der Waals surface area (Å²) >= 11 is 1.21. The molecule has 0 aromatic carbocycles. The molecule has 8 heteroatoms. The third-order valence-corrected chi connectivity index (χ3v) is 4.66. The van der Waals surface area contributed by atoms with E-state index in [1.54, 1.807) is 12.3 Å². The van der Waals surface area contributed by atoms with E-state index in [9.17, 15) is 8.42 Å². The van der Waals surface area contributed by atoms with Gasteiger partial charge in [-0.15, -0.1) is 11.3 Å². The molecule has 0 radical (unpaired) electrons. The van der Waals surface area contributed by atoms with Crippen molar-refractivity contribution >= 4 is 26.5 Å². The molecule has 0 spiro atoms. The SMILES string of the molecule is Cc1csc(NS(=O)(=O)c2cc(CO)oc2C)n1. The first-order chi connectivity index (χ1) is 8.42. The van der Waals surface area contributed by atoms with Gasteiger partial charge in [0.2, 0.25) is 0 Å². The third-order valence-electron chi connectivity index (χ3n) is 2.21. The van der Waals surface area contributed by atoms with Gasteiger partial charge in [-0.05, 0) is 13.8 Å². The van der Waals surface area contributed by atoms with Crippen molar-refractivity contribution < 1.29 is 17.9 Å². The minimum absolute atomic E-state index is 0.0133. The Morgan fingerprint density at radius 1 is 1.50 bits per heavy atom. The molecule has 0 saturated carbocycles. The van der Waals surface area contributed by atoms with Crippen molar-refractivity contribution in [3.05, 3.63) is 28.7 Å². The minimum Gasteiger partial charge on any atom is -0.462 e. The molecule has 98 valence electrons. The molecule has 0 atom stereocenters. The first kappa shape index (κ1) is 13.1. The molecule has 2 rings (SSSR count). The lowest BCUT2D eigenvalue weighted by atomic mass is 10.4. The fourth-order valence-electron chi connectivity index (χ4n) is 1.44. The second-order valence-electron chi connectivity index (χ2n) is 3.69. The van der Waals surface area contributed by atoms with Crippen LogP contribution in [0, 0.1) is 13.8 Å². The molecule has 0 unspecified atom stereocenters. The van der Waals surface area contributed by atoms with Crippen molar-refractivity contribution in [2.75, 3.05) is 4.72 Å². The lowest BCUT2D eigenvalue weighted by Gasteiger charge is -2.02. The molecule has 0 bridgehead atoms. The standard InChI is InChI=1S/C10H12N2O4S2/c1-6-5-17-10(11-6)12-18(14,15)9-3-8(4-13)16-7(9)2/h3,5,13H,4H2,1-2H3,(H,11,12). The molecule has 0 aliphatic carbocycles. The van der Waals surface area contributed by atoms with Crippen LogP contribution in [0.4, 0.5) is 5.13 Å². The zero-order chi connectivity index (χ0) is 13.3. The molecule has 0 aliphatic rings. The summed E-state index contributed by atoms with van der Waals surface area (Å²) in [6.07, 6.45) is 0. The van der Waals surface area contributed by atoms with Gasteiger partial charge in [0, 0.05) is 11.4 Å². The number of aliphatic hydroxyl groups is 1. The van der Waals surface area contributed by atoms with Crippen LogP contribution in [0.2, 0.25) is 0 Å². The zero-order valence-electron chi connectivity index (χ0n) is 9.80. The van der Waals surface area contributed by atoms with Crippen LogP contribution in [0.3, 0.4) is 0 Å². The van der Waals surface area contributed by atoms with Gasteiger partial charge in [0.05, 0.1) is 5.69 Å². The van der Waals surface area contributed by atoms with Crippen molar-refractivity contribution in [2.45, 2.75) is 25.3 Å². The first-order valence-electron chi connectivity index (χ1n) is 5.07. The molecule has 6 nitrogen and oxygen atoms in total. The number of thiazole rings is 1. The number of furan rings is 1. The highest BCUT2D eigenvalue weighted by Crippen LogP contribution is 2.24. The maximum absolute atomic E-state index is 12.1. The summed E-state index contributed by atoms with van der Waals surface area (Å²) < 4.78 is 31.6. The van der Waals surface area contributed by atoms with Crippen LogP contribution in [0.5, 0.6) is 0 Å². The fraction of sp³-hybridized carbons (Fsp3) is 0.300. The van der Waals surface area contributed by atoms with E-state index >= 15 is 0 Å². The summed E-state index contributed by atoms with van der Waals surface area (Å²) in [5.74, 6) is 0.447. The Morgan fingerprint density at radius 3 is 2.72 bits per heavy atom. The van der Waals surface area contributed by atoms with Crippen molar-refractivity contribution in [2.24, 2.45) is 0 Å². The number of sulfonamides is 1. The Bertz CT molecular complexity index is 657. The number of nitrogens with one attached hydrogen (secondary N) is 1. The van der Waals surface area contributed by atoms with Crippen LogP contribution in [0.1, 0.15) is 17.2 Å². The van der Waals surface area contributed by atoms with E-state index in [0.717, 1.165) is 5.69 Å². The Balaban J connectivity index is 2.33. The average molecular weight is 288 g/mol. The van der Waals surface area contributed by atoms with E-state index in [4.69, 9.17) is 9.52 Å². The molecule has 2 N–H and O–H groups in total. The van der Waals surface area contributed by atoms with Crippen LogP contribution < -0.4 is 4.72 Å². The van der Waals surface area contributed by atoms with E-state index < -0.39 is 10.0 Å². The second-order valence-corrected chi connectivity index (χ2v) is 6.20. The van der Waals surface area contributed by atoms with Crippen molar-refractivity contribution in [1.29, 1.82) is 0 Å². The van der Waals surface area contributed by atoms with E-state index in [2.05, 4.69) is 9.71 Å². The lowest BCUT2D eigenvalue weighted by Crippen LogP contribution is -2.13. The highest BCUT2D eigenvalue weighted by molar-refractivity contribution is 7.93. The van der Waals surface area contributed by atoms with Crippen molar-refractivity contribution in [3.63, 3.8) is 0 Å². The normalized spacial score (nSPS) is 11.7. The molecule has 0 fully saturated rings. The maximum atomic E-state index is 12.1. The molecule has 2 heterocycles. The smallest absolute Gasteiger partial charge is 0.267 e. The monoisotopic (exact) mass is 288 g/mol. The van der Waals surface area contributed by atoms with Crippen LogP contribution in [-0.2, 0) is 16.6 Å². The Hall–Kier alpha value is -1.38. The Labute approximate surface area is 108 Å². The second kappa shape index (κ2) is 4.71. The molecule has 18 heavy (non-hydrogen) atoms. The summed E-state index contributed by atoms with van der Waals surface area (Å²) in [5.41, 5.74) is 0.748. The molecule has 2 aromatic rings. The van der Waals surface area contributed by atoms with Gasteiger partial charge in [-0.3, -0.25) is 4.72 Å². The van der Waals surface area contributed by atoms with E-state index in [1.807, 2.05) is 0 Å². The molecule has 0 aliphatic heterocycles. The number of rotatable bonds is 4.